The normalized spacial score (nSPS) is 10.5. The van der Waals surface area contributed by atoms with Crippen LogP contribution in [0.3, 0.4) is 0 Å². The maximum Gasteiger partial charge on any atom is 1.00 e. The van der Waals surface area contributed by atoms with E-state index in [0.29, 0.717) is 18.9 Å². The molecule has 0 aromatic rings. The van der Waals surface area contributed by atoms with Crippen LogP contribution in [0.1, 0.15) is 167 Å². The summed E-state index contributed by atoms with van der Waals surface area (Å²) in [5.74, 6) is -1.25. The van der Waals surface area contributed by atoms with E-state index in [-0.39, 0.29) is 70.7 Å². The Labute approximate surface area is 487 Å². The zero-order chi connectivity index (χ0) is 61.1. The summed E-state index contributed by atoms with van der Waals surface area (Å²) in [4.78, 5) is 65.8. The van der Waals surface area contributed by atoms with E-state index in [4.69, 9.17) is 25.4 Å². The maximum absolute atomic E-state index is 11.5. The second-order valence-corrected chi connectivity index (χ2v) is 18.0. The van der Waals surface area contributed by atoms with Crippen molar-refractivity contribution in [2.45, 2.75) is 178 Å². The molecule has 20 nitrogen and oxygen atoms in total. The molecule has 0 aromatic carbocycles. The van der Waals surface area contributed by atoms with E-state index in [0.717, 1.165) is 19.4 Å². The Kier molecular flexibility index (Phi) is 91.2. The van der Waals surface area contributed by atoms with Gasteiger partial charge in [0.15, 0.2) is 0 Å². The Balaban J connectivity index is -0.0000000847. The summed E-state index contributed by atoms with van der Waals surface area (Å²) in [5.41, 5.74) is 3.55. The van der Waals surface area contributed by atoms with Gasteiger partial charge in [-0.25, -0.2) is 8.42 Å². The number of primary amides is 1. The number of aliphatic hydroxyl groups is 2. The van der Waals surface area contributed by atoms with Crippen LogP contribution >= 0.6 is 0 Å². The Morgan fingerprint density at radius 3 is 1.05 bits per heavy atom. The molecule has 0 aliphatic carbocycles. The number of ether oxygens (including phenoxy) is 2. The van der Waals surface area contributed by atoms with Crippen LogP contribution in [-0.4, -0.2) is 64.5 Å². The predicted molar refractivity (Wildman–Crippen MR) is 303 cm³/mol. The number of nitrogens with two attached hydrogens (primary N) is 1. The summed E-state index contributed by atoms with van der Waals surface area (Å²) in [6, 6.07) is 0. The predicted octanol–water partition coefficient (Wildman–Crippen LogP) is 10.9. The average Bonchev–Trinajstić information content (AvgIpc) is 3.36. The van der Waals surface area contributed by atoms with E-state index in [2.05, 4.69) is 111 Å². The molecule has 0 heterocycles. The van der Waals surface area contributed by atoms with Crippen LogP contribution < -0.4 is 40.6 Å². The fourth-order valence-corrected chi connectivity index (χ4v) is 4.92. The van der Waals surface area contributed by atoms with E-state index in [1.807, 2.05) is 55.4 Å². The largest absolute Gasteiger partial charge is 1.00 e. The van der Waals surface area contributed by atoms with Gasteiger partial charge < -0.3 is 35.3 Å². The third-order valence-corrected chi connectivity index (χ3v) is 9.22. The molecule has 77 heavy (non-hydrogen) atoms. The van der Waals surface area contributed by atoms with E-state index in [9.17, 15) is 27.4 Å². The van der Waals surface area contributed by atoms with Gasteiger partial charge in [0.1, 0.15) is 68.2 Å². The Hall–Kier alpha value is -5.48. The Morgan fingerprint density at radius 2 is 0.844 bits per heavy atom. The summed E-state index contributed by atoms with van der Waals surface area (Å²) in [6.07, 6.45) is 28.1. The standard InChI is InChI=1S/C14H28O.C9H19NO4S.C9H18O2.C5H11NO.4C4H6O2.C2H4O2.Na/c1-3-5-6-7-8-9-10-11-12-13-14-15-4-2;1-5-7(2)8(11)10-9(3,4)6-15(12,13)14;1-6-7(2)8(10)11-9(3,4)5;1-3-4(2)5(6)7;4*1-3-5-6-4-2;3-1-2-4;/h4H,2-3,5-14H2,1H3;7H,5-6H2,1-4H3,(H,10,11)(H,12,13,14);7H,6H2,1-5H3;4H,3H2,1-2H3,(H2,6,7);4*3-4H,1-2H2;1-4H;/q;;;;;;;;;+1/p-1/b;;;;;;;;2-1+;. The summed E-state index contributed by atoms with van der Waals surface area (Å²) in [6.45, 7) is 52.2. The zero-order valence-corrected chi connectivity index (χ0v) is 52.3. The first-order chi connectivity index (χ1) is 35.6. The molecule has 0 fully saturated rings. The fourth-order valence-electron chi connectivity index (χ4n) is 3.96. The van der Waals surface area contributed by atoms with Crippen molar-refractivity contribution in [1.82, 2.24) is 5.32 Å². The molecule has 0 radical (unpaired) electrons. The van der Waals surface area contributed by atoms with Crippen molar-refractivity contribution < 1.29 is 116 Å². The number of unbranched alkanes of at least 4 members (excludes halogenated alkanes) is 9. The maximum atomic E-state index is 11.5. The van der Waals surface area contributed by atoms with Crippen molar-refractivity contribution in [2.24, 2.45) is 23.5 Å². The van der Waals surface area contributed by atoms with Crippen molar-refractivity contribution in [3.05, 3.63) is 128 Å². The topological polar surface area (TPSA) is 279 Å². The zero-order valence-electron chi connectivity index (χ0n) is 49.5. The number of hydrogen-bond acceptors (Lipinski definition) is 18. The van der Waals surface area contributed by atoms with E-state index >= 15 is 0 Å². The number of carbonyl (C=O) groups is 3. The quantitative estimate of drug-likeness (QED) is 0.00904. The number of amides is 2. The average molecular weight is 1140 g/mol. The van der Waals surface area contributed by atoms with Crippen molar-refractivity contribution in [3.8, 4) is 0 Å². The van der Waals surface area contributed by atoms with Crippen LogP contribution in [-0.2, 0) is 73.1 Å². The summed E-state index contributed by atoms with van der Waals surface area (Å²) in [5, 5.41) is 17.4. The first kappa shape index (κ1) is 94.0. The van der Waals surface area contributed by atoms with Gasteiger partial charge in [0.05, 0.1) is 34.7 Å². The summed E-state index contributed by atoms with van der Waals surface area (Å²) >= 11 is 0. The number of rotatable bonds is 33. The molecule has 0 aliphatic rings. The third-order valence-electron chi connectivity index (χ3n) is 8.15. The Morgan fingerprint density at radius 1 is 0.545 bits per heavy atom. The number of aliphatic hydroxyl groups excluding tert-OH is 2. The van der Waals surface area contributed by atoms with E-state index in [1.54, 1.807) is 6.92 Å². The molecule has 0 bridgehead atoms. The molecule has 0 spiro atoms. The van der Waals surface area contributed by atoms with Crippen molar-refractivity contribution in [2.75, 3.05) is 12.4 Å². The van der Waals surface area contributed by atoms with Gasteiger partial charge in [-0.15, -0.1) is 0 Å². The first-order valence-corrected chi connectivity index (χ1v) is 26.3. The minimum Gasteiger partial charge on any atom is -0.748 e. The van der Waals surface area contributed by atoms with E-state index in [1.165, 1.54) is 134 Å². The summed E-state index contributed by atoms with van der Waals surface area (Å²) in [7, 11) is -4.32. The monoisotopic (exact) mass is 1130 g/mol. The van der Waals surface area contributed by atoms with Gasteiger partial charge >= 0.3 is 35.5 Å². The van der Waals surface area contributed by atoms with Gasteiger partial charge in [-0.2, -0.15) is 0 Å². The smallest absolute Gasteiger partial charge is 0.748 e. The van der Waals surface area contributed by atoms with Gasteiger partial charge in [0.25, 0.3) is 0 Å². The molecule has 5 N–H and O–H groups in total. The number of nitrogens with one attached hydrogen (secondary N) is 1. The molecular weight excluding hydrogens is 1030 g/mol. The second-order valence-electron chi connectivity index (χ2n) is 16.6. The SMILES string of the molecule is C=COCCCCCCCCCCCC.C=COOC=C.C=COOC=C.C=COOC=C.C=COOC=C.CCC(C)C(=O)NC(C)(C)CS(=O)(=O)[O-].CCC(C)C(=O)OC(C)(C)C.CCC(C)C(N)=O.O/C=C/O.[Na+]. The van der Waals surface area contributed by atoms with Crippen molar-refractivity contribution in [3.63, 3.8) is 0 Å². The fraction of sp³-hybridized carbons (Fsp3) is 0.582. The number of hydrogen-bond donors (Lipinski definition) is 4. The minimum atomic E-state index is -4.32. The summed E-state index contributed by atoms with van der Waals surface area (Å²) < 4.78 is 41.9. The Bertz CT molecular complexity index is 1440. The molecular formula is C55H103N2NaO18S. The molecule has 0 aliphatic heterocycles. The molecule has 3 atom stereocenters. The number of carbonyl (C=O) groups excluding carboxylic acids is 3. The molecule has 2 amide bonds. The second kappa shape index (κ2) is 74.8. The van der Waals surface area contributed by atoms with Gasteiger partial charge in [0, 0.05) is 17.4 Å². The molecule has 0 saturated carbocycles. The molecule has 448 valence electrons. The van der Waals surface area contributed by atoms with Crippen LogP contribution in [0.25, 0.3) is 0 Å². The third kappa shape index (κ3) is 116. The minimum absolute atomic E-state index is 0. The van der Waals surface area contributed by atoms with Gasteiger partial charge in [-0.05, 0) is 60.3 Å². The number of esters is 1. The van der Waals surface area contributed by atoms with Crippen LogP contribution in [0, 0.1) is 17.8 Å². The van der Waals surface area contributed by atoms with Gasteiger partial charge in [-0.3, -0.25) is 53.5 Å². The molecule has 0 aromatic heterocycles. The molecule has 0 rings (SSSR count). The molecule has 22 heteroatoms. The van der Waals surface area contributed by atoms with Crippen LogP contribution in [0.15, 0.2) is 128 Å². The van der Waals surface area contributed by atoms with E-state index < -0.39 is 21.4 Å². The molecule has 0 saturated heterocycles. The first-order valence-electron chi connectivity index (χ1n) is 24.7. The van der Waals surface area contributed by atoms with Gasteiger partial charge in [-0.1, -0.05) is 165 Å². The van der Waals surface area contributed by atoms with Crippen molar-refractivity contribution >= 4 is 27.9 Å². The van der Waals surface area contributed by atoms with Gasteiger partial charge in [0.2, 0.25) is 11.8 Å². The van der Waals surface area contributed by atoms with Crippen LogP contribution in [0.5, 0.6) is 0 Å². The van der Waals surface area contributed by atoms with Crippen LogP contribution in [0.4, 0.5) is 0 Å². The van der Waals surface area contributed by atoms with Crippen molar-refractivity contribution in [1.29, 1.82) is 0 Å². The van der Waals surface area contributed by atoms with Crippen LogP contribution in [0.2, 0.25) is 0 Å². The molecule has 3 unspecified atom stereocenters.